The fraction of sp³-hybridized carbons (Fsp3) is 0.364. The number of hydrogen-bond acceptors (Lipinski definition) is 5. The van der Waals surface area contributed by atoms with Crippen molar-refractivity contribution in [1.29, 1.82) is 0 Å². The number of hydrogen-bond donors (Lipinski definition) is 1. The first-order valence-corrected chi connectivity index (χ1v) is 13.5. The molecule has 1 unspecified atom stereocenters. The molecule has 198 valence electrons. The highest BCUT2D eigenvalue weighted by Gasteiger charge is 2.18. The lowest BCUT2D eigenvalue weighted by molar-refractivity contribution is 0.0970. The number of aliphatic hydroxyl groups excluding tert-OH is 1. The van der Waals surface area contributed by atoms with E-state index in [0.29, 0.717) is 29.1 Å². The van der Waals surface area contributed by atoms with Crippen LogP contribution in [0.5, 0.6) is 5.75 Å². The van der Waals surface area contributed by atoms with E-state index in [1.54, 1.807) is 0 Å². The average molecular weight is 510 g/mol. The molecule has 5 nitrogen and oxygen atoms in total. The summed E-state index contributed by atoms with van der Waals surface area (Å²) in [5.41, 5.74) is 7.35. The highest BCUT2D eigenvalue weighted by atomic mass is 16.5. The molecule has 1 N–H and O–H groups in total. The van der Waals surface area contributed by atoms with Crippen LogP contribution in [0, 0.1) is 33.6 Å². The minimum atomic E-state index is -0.517. The molecule has 0 saturated carbocycles. The van der Waals surface area contributed by atoms with Crippen LogP contribution in [-0.2, 0) is 0 Å². The maximum Gasteiger partial charge on any atom is 0.167 e. The molecule has 1 atom stereocenters. The third kappa shape index (κ3) is 6.84. The second-order valence-corrected chi connectivity index (χ2v) is 10.7. The van der Waals surface area contributed by atoms with Gasteiger partial charge in [0, 0.05) is 11.1 Å². The van der Waals surface area contributed by atoms with Crippen molar-refractivity contribution < 1.29 is 9.84 Å². The van der Waals surface area contributed by atoms with E-state index < -0.39 is 6.10 Å². The average Bonchev–Trinajstić information content (AvgIpc) is 2.87. The predicted octanol–water partition coefficient (Wildman–Crippen LogP) is 7.67. The first-order chi connectivity index (χ1) is 18.2. The molecule has 4 aromatic rings. The van der Waals surface area contributed by atoms with Gasteiger partial charge < -0.3 is 9.84 Å². The van der Waals surface area contributed by atoms with Crippen LogP contribution < -0.4 is 4.74 Å². The Morgan fingerprint density at radius 3 is 1.74 bits per heavy atom. The zero-order chi connectivity index (χ0) is 27.2. The number of aromatic nitrogens is 3. The molecule has 0 aliphatic rings. The van der Waals surface area contributed by atoms with Crippen LogP contribution in [0.15, 0.2) is 60.7 Å². The van der Waals surface area contributed by atoms with Crippen molar-refractivity contribution in [2.24, 2.45) is 5.92 Å². The van der Waals surface area contributed by atoms with Crippen molar-refractivity contribution in [2.45, 2.75) is 66.9 Å². The number of aryl methyl sites for hydroxylation is 4. The van der Waals surface area contributed by atoms with Crippen LogP contribution in [0.2, 0.25) is 0 Å². The molecule has 38 heavy (non-hydrogen) atoms. The normalized spacial score (nSPS) is 12.1. The lowest BCUT2D eigenvalue weighted by atomic mass is 10.0. The smallest absolute Gasteiger partial charge is 0.167 e. The van der Waals surface area contributed by atoms with E-state index in [9.17, 15) is 5.11 Å². The number of nitrogens with zero attached hydrogens (tertiary/aromatic N) is 3. The van der Waals surface area contributed by atoms with E-state index >= 15 is 0 Å². The summed E-state index contributed by atoms with van der Waals surface area (Å²) in [6.07, 6.45) is 2.29. The summed E-state index contributed by atoms with van der Waals surface area (Å²) < 4.78 is 6.13. The Hall–Kier alpha value is -3.57. The summed E-state index contributed by atoms with van der Waals surface area (Å²) >= 11 is 0. The molecule has 0 amide bonds. The zero-order valence-corrected chi connectivity index (χ0v) is 23.5. The molecule has 0 radical (unpaired) electrons. The van der Waals surface area contributed by atoms with Gasteiger partial charge in [-0.3, -0.25) is 0 Å². The van der Waals surface area contributed by atoms with Crippen molar-refractivity contribution in [3.05, 3.63) is 82.9 Å². The van der Waals surface area contributed by atoms with E-state index in [1.807, 2.05) is 24.3 Å². The summed E-state index contributed by atoms with van der Waals surface area (Å²) in [4.78, 5) is 14.8. The Balaban J connectivity index is 1.74. The fourth-order valence-corrected chi connectivity index (χ4v) is 4.67. The maximum atomic E-state index is 10.5. The van der Waals surface area contributed by atoms with Gasteiger partial charge in [-0.25, -0.2) is 15.0 Å². The van der Waals surface area contributed by atoms with Crippen LogP contribution in [0.4, 0.5) is 0 Å². The molecule has 0 bridgehead atoms. The van der Waals surface area contributed by atoms with Gasteiger partial charge in [-0.2, -0.15) is 0 Å². The van der Waals surface area contributed by atoms with Gasteiger partial charge in [0.15, 0.2) is 17.5 Å². The first-order valence-electron chi connectivity index (χ1n) is 13.5. The first kappa shape index (κ1) is 27.5. The molecular formula is C33H39N3O2. The molecule has 4 rings (SSSR count). The fourth-order valence-electron chi connectivity index (χ4n) is 4.67. The van der Waals surface area contributed by atoms with Crippen molar-refractivity contribution in [1.82, 2.24) is 15.0 Å². The minimum absolute atomic E-state index is 0.230. The second kappa shape index (κ2) is 12.3. The molecule has 0 spiro atoms. The predicted molar refractivity (Wildman–Crippen MR) is 155 cm³/mol. The topological polar surface area (TPSA) is 68.1 Å². The molecule has 1 heterocycles. The van der Waals surface area contributed by atoms with Crippen molar-refractivity contribution >= 4 is 0 Å². The number of rotatable bonds is 10. The SMILES string of the molecule is Cc1ccc(-c2nc(-c3ccc(C)cc3C)nc(-c3ccccc3OCC(O)CCCC(C)C)n2)c(C)c1. The molecule has 3 aromatic carbocycles. The Morgan fingerprint density at radius 2 is 1.21 bits per heavy atom. The lowest BCUT2D eigenvalue weighted by Gasteiger charge is -2.16. The number of aliphatic hydroxyl groups is 1. The third-order valence-electron chi connectivity index (χ3n) is 6.76. The van der Waals surface area contributed by atoms with Gasteiger partial charge in [0.25, 0.3) is 0 Å². The Bertz CT molecular complexity index is 1330. The van der Waals surface area contributed by atoms with Gasteiger partial charge in [0.2, 0.25) is 0 Å². The van der Waals surface area contributed by atoms with Crippen molar-refractivity contribution in [3.8, 4) is 39.9 Å². The highest BCUT2D eigenvalue weighted by molar-refractivity contribution is 5.72. The van der Waals surface area contributed by atoms with Crippen LogP contribution in [0.3, 0.4) is 0 Å². The summed E-state index contributed by atoms with van der Waals surface area (Å²) in [5.74, 6) is 3.09. The monoisotopic (exact) mass is 509 g/mol. The van der Waals surface area contributed by atoms with E-state index in [2.05, 4.69) is 77.9 Å². The largest absolute Gasteiger partial charge is 0.490 e. The Morgan fingerprint density at radius 1 is 0.684 bits per heavy atom. The molecule has 5 heteroatoms. The number of para-hydroxylation sites is 1. The third-order valence-corrected chi connectivity index (χ3v) is 6.76. The van der Waals surface area contributed by atoms with Crippen LogP contribution in [0.25, 0.3) is 34.2 Å². The summed E-state index contributed by atoms with van der Waals surface area (Å²) in [5, 5.41) is 10.5. The van der Waals surface area contributed by atoms with Gasteiger partial charge in [-0.1, -0.05) is 86.3 Å². The molecule has 1 aromatic heterocycles. The van der Waals surface area contributed by atoms with E-state index in [-0.39, 0.29) is 6.61 Å². The zero-order valence-electron chi connectivity index (χ0n) is 23.5. The van der Waals surface area contributed by atoms with E-state index in [4.69, 9.17) is 19.7 Å². The van der Waals surface area contributed by atoms with Crippen LogP contribution in [-0.4, -0.2) is 32.8 Å². The van der Waals surface area contributed by atoms with Gasteiger partial charge >= 0.3 is 0 Å². The van der Waals surface area contributed by atoms with E-state index in [0.717, 1.165) is 47.1 Å². The Labute approximate surface area is 227 Å². The second-order valence-electron chi connectivity index (χ2n) is 10.7. The lowest BCUT2D eigenvalue weighted by Crippen LogP contribution is -2.18. The quantitative estimate of drug-likeness (QED) is 0.237. The molecule has 0 aliphatic heterocycles. The summed E-state index contributed by atoms with van der Waals surface area (Å²) in [6, 6.07) is 20.4. The van der Waals surface area contributed by atoms with Gasteiger partial charge in [0.1, 0.15) is 12.4 Å². The molecule has 0 aliphatic carbocycles. The van der Waals surface area contributed by atoms with E-state index in [1.165, 1.54) is 11.1 Å². The summed E-state index contributed by atoms with van der Waals surface area (Å²) in [7, 11) is 0. The highest BCUT2D eigenvalue weighted by Crippen LogP contribution is 2.32. The van der Waals surface area contributed by atoms with Crippen LogP contribution in [0.1, 0.15) is 55.4 Å². The summed E-state index contributed by atoms with van der Waals surface area (Å²) in [6.45, 7) is 13.0. The van der Waals surface area contributed by atoms with Crippen LogP contribution >= 0.6 is 0 Å². The van der Waals surface area contributed by atoms with Crippen molar-refractivity contribution in [2.75, 3.05) is 6.61 Å². The van der Waals surface area contributed by atoms with Crippen molar-refractivity contribution in [3.63, 3.8) is 0 Å². The Kier molecular flexibility index (Phi) is 8.90. The van der Waals surface area contributed by atoms with Gasteiger partial charge in [-0.15, -0.1) is 0 Å². The number of ether oxygens (including phenoxy) is 1. The minimum Gasteiger partial charge on any atom is -0.490 e. The van der Waals surface area contributed by atoms with Gasteiger partial charge in [0.05, 0.1) is 11.7 Å². The molecular weight excluding hydrogens is 470 g/mol. The maximum absolute atomic E-state index is 10.5. The van der Waals surface area contributed by atoms with Gasteiger partial charge in [-0.05, 0) is 63.3 Å². The standard InChI is InChI=1S/C33H39N3O2/c1-21(2)10-9-11-26(37)20-38-30-13-8-7-12-29(30)33-35-31(27-16-14-22(3)18-24(27)5)34-32(36-33)28-17-15-23(4)19-25(28)6/h7-8,12-19,21,26,37H,9-11,20H2,1-6H3. The molecule has 0 fully saturated rings. The molecule has 0 saturated heterocycles. The number of benzene rings is 3.